The minimum Gasteiger partial charge on any atom is -0.396 e. The van der Waals surface area contributed by atoms with Gasteiger partial charge in [-0.15, -0.1) is 0 Å². The first-order valence-corrected chi connectivity index (χ1v) is 17.0. The van der Waals surface area contributed by atoms with Crippen LogP contribution in [0.1, 0.15) is 174 Å². The van der Waals surface area contributed by atoms with E-state index in [-0.39, 0.29) is 12.5 Å². The molecule has 4 N–H and O–H groups in total. The van der Waals surface area contributed by atoms with Crippen LogP contribution in [0.15, 0.2) is 12.2 Å². The van der Waals surface area contributed by atoms with Crippen LogP contribution in [0.3, 0.4) is 0 Å². The van der Waals surface area contributed by atoms with Gasteiger partial charge in [-0.2, -0.15) is 0 Å². The summed E-state index contributed by atoms with van der Waals surface area (Å²) in [6, 6.07) is -0.624. The molecule has 1 amide bonds. The molecule has 0 saturated carbocycles. The van der Waals surface area contributed by atoms with Gasteiger partial charge in [-0.3, -0.25) is 4.79 Å². The number of hydrogen-bond acceptors (Lipinski definition) is 4. The second kappa shape index (κ2) is 31.6. The third kappa shape index (κ3) is 28.4. The van der Waals surface area contributed by atoms with Crippen molar-refractivity contribution in [1.82, 2.24) is 5.32 Å². The van der Waals surface area contributed by atoms with Crippen molar-refractivity contribution in [3.05, 3.63) is 12.2 Å². The zero-order valence-electron chi connectivity index (χ0n) is 25.9. The number of rotatable bonds is 31. The number of unbranched alkanes of at least 4 members (excludes halogenated alkanes) is 23. The van der Waals surface area contributed by atoms with E-state index >= 15 is 0 Å². The maximum absolute atomic E-state index is 12.3. The van der Waals surface area contributed by atoms with Gasteiger partial charge in [-0.25, -0.2) is 0 Å². The SMILES string of the molecule is CCCCCCCCCCCCCC=C[C@@H](O)[C@H](CO)NC(=O)CCCCCCCCCCCCCCCO. The van der Waals surface area contributed by atoms with Gasteiger partial charge in [0.05, 0.1) is 18.8 Å². The lowest BCUT2D eigenvalue weighted by Gasteiger charge is -2.20. The van der Waals surface area contributed by atoms with E-state index in [1.165, 1.54) is 122 Å². The van der Waals surface area contributed by atoms with E-state index in [9.17, 15) is 15.0 Å². The van der Waals surface area contributed by atoms with Crippen molar-refractivity contribution in [3.63, 3.8) is 0 Å². The van der Waals surface area contributed by atoms with Crippen LogP contribution in [0.4, 0.5) is 0 Å². The Kier molecular flexibility index (Phi) is 30.9. The highest BCUT2D eigenvalue weighted by molar-refractivity contribution is 5.76. The van der Waals surface area contributed by atoms with Crippen LogP contribution in [-0.2, 0) is 4.79 Å². The Morgan fingerprint density at radius 3 is 1.46 bits per heavy atom. The van der Waals surface area contributed by atoms with Crippen molar-refractivity contribution in [1.29, 1.82) is 0 Å². The molecule has 0 aromatic carbocycles. The van der Waals surface area contributed by atoms with Crippen LogP contribution in [0.25, 0.3) is 0 Å². The van der Waals surface area contributed by atoms with Gasteiger partial charge in [0.2, 0.25) is 5.91 Å². The van der Waals surface area contributed by atoms with E-state index < -0.39 is 12.1 Å². The lowest BCUT2D eigenvalue weighted by atomic mass is 10.0. The van der Waals surface area contributed by atoms with Gasteiger partial charge in [0, 0.05) is 13.0 Å². The smallest absolute Gasteiger partial charge is 0.220 e. The summed E-state index contributed by atoms with van der Waals surface area (Å²) in [5, 5.41) is 31.6. The second-order valence-corrected chi connectivity index (χ2v) is 11.7. The molecule has 0 aromatic heterocycles. The van der Waals surface area contributed by atoms with Gasteiger partial charge >= 0.3 is 0 Å². The molecular formula is C34H67NO4. The molecule has 0 aromatic rings. The van der Waals surface area contributed by atoms with Gasteiger partial charge in [-0.1, -0.05) is 154 Å². The predicted octanol–water partition coefficient (Wildman–Crippen LogP) is 8.54. The van der Waals surface area contributed by atoms with Crippen molar-refractivity contribution in [2.45, 2.75) is 186 Å². The van der Waals surface area contributed by atoms with Crippen LogP contribution < -0.4 is 5.32 Å². The first-order chi connectivity index (χ1) is 19.2. The molecule has 0 aliphatic heterocycles. The Bertz CT molecular complexity index is 525. The maximum atomic E-state index is 12.3. The Labute approximate surface area is 242 Å². The fraction of sp³-hybridized carbons (Fsp3) is 0.912. The molecule has 0 bridgehead atoms. The van der Waals surface area contributed by atoms with E-state index in [0.717, 1.165) is 38.5 Å². The number of aliphatic hydroxyl groups is 3. The molecule has 0 radical (unpaired) electrons. The molecule has 0 unspecified atom stereocenters. The molecule has 0 fully saturated rings. The van der Waals surface area contributed by atoms with Crippen LogP contribution >= 0.6 is 0 Å². The number of hydrogen-bond donors (Lipinski definition) is 4. The molecular weight excluding hydrogens is 486 g/mol. The Hall–Kier alpha value is -0.910. The molecule has 2 atom stereocenters. The van der Waals surface area contributed by atoms with Crippen LogP contribution in [0, 0.1) is 0 Å². The van der Waals surface area contributed by atoms with Gasteiger partial charge in [0.25, 0.3) is 0 Å². The summed E-state index contributed by atoms with van der Waals surface area (Å²) in [5.41, 5.74) is 0. The second-order valence-electron chi connectivity index (χ2n) is 11.7. The van der Waals surface area contributed by atoms with E-state index in [1.54, 1.807) is 6.08 Å². The highest BCUT2D eigenvalue weighted by Gasteiger charge is 2.17. The molecule has 232 valence electrons. The summed E-state index contributed by atoms with van der Waals surface area (Å²) in [5.74, 6) is -0.0779. The standard InChI is InChI=1S/C34H67NO4/c1-2-3-4-5-6-7-8-10-13-16-19-22-25-28-33(38)32(31-37)35-34(39)29-26-23-20-17-14-11-9-12-15-18-21-24-27-30-36/h25,28,32-33,36-38H,2-24,26-27,29-31H2,1H3,(H,35,39)/t32-,33+/m0/s1. The summed E-state index contributed by atoms with van der Waals surface area (Å²) in [6.07, 6.45) is 34.4. The molecule has 0 saturated heterocycles. The van der Waals surface area contributed by atoms with E-state index in [1.807, 2.05) is 6.08 Å². The fourth-order valence-corrected chi connectivity index (χ4v) is 5.16. The molecule has 5 heteroatoms. The number of carbonyl (C=O) groups excluding carboxylic acids is 1. The van der Waals surface area contributed by atoms with E-state index in [4.69, 9.17) is 5.11 Å². The van der Waals surface area contributed by atoms with Crippen molar-refractivity contribution < 1.29 is 20.1 Å². The third-order valence-electron chi connectivity index (χ3n) is 7.82. The number of allylic oxidation sites excluding steroid dienone is 1. The molecule has 0 heterocycles. The van der Waals surface area contributed by atoms with Crippen LogP contribution in [0.2, 0.25) is 0 Å². The van der Waals surface area contributed by atoms with Crippen molar-refractivity contribution in [3.8, 4) is 0 Å². The molecule has 0 spiro atoms. The van der Waals surface area contributed by atoms with E-state index in [2.05, 4.69) is 12.2 Å². The third-order valence-corrected chi connectivity index (χ3v) is 7.82. The normalized spacial score (nSPS) is 13.2. The first-order valence-electron chi connectivity index (χ1n) is 17.0. The average Bonchev–Trinajstić information content (AvgIpc) is 2.94. The minimum absolute atomic E-state index is 0.0779. The quantitative estimate of drug-likeness (QED) is 0.0511. The molecule has 0 rings (SSSR count). The fourth-order valence-electron chi connectivity index (χ4n) is 5.16. The predicted molar refractivity (Wildman–Crippen MR) is 167 cm³/mol. The summed E-state index contributed by atoms with van der Waals surface area (Å²) in [4.78, 5) is 12.3. The van der Waals surface area contributed by atoms with Crippen LogP contribution in [-0.4, -0.2) is 46.6 Å². The molecule has 0 aliphatic rings. The number of amides is 1. The lowest BCUT2D eigenvalue weighted by molar-refractivity contribution is -0.123. The molecule has 5 nitrogen and oxygen atoms in total. The van der Waals surface area contributed by atoms with Gasteiger partial charge in [0.1, 0.15) is 0 Å². The monoisotopic (exact) mass is 554 g/mol. The van der Waals surface area contributed by atoms with Crippen LogP contribution in [0.5, 0.6) is 0 Å². The van der Waals surface area contributed by atoms with Gasteiger partial charge < -0.3 is 20.6 Å². The first kappa shape index (κ1) is 38.1. The summed E-state index contributed by atoms with van der Waals surface area (Å²) in [7, 11) is 0. The maximum Gasteiger partial charge on any atom is 0.220 e. The Morgan fingerprint density at radius 1 is 0.615 bits per heavy atom. The molecule has 39 heavy (non-hydrogen) atoms. The zero-order valence-corrected chi connectivity index (χ0v) is 25.9. The topological polar surface area (TPSA) is 89.8 Å². The number of aliphatic hydroxyl groups excluding tert-OH is 3. The Morgan fingerprint density at radius 2 is 1.03 bits per heavy atom. The molecule has 0 aliphatic carbocycles. The van der Waals surface area contributed by atoms with Crippen molar-refractivity contribution in [2.75, 3.05) is 13.2 Å². The minimum atomic E-state index is -0.841. The van der Waals surface area contributed by atoms with E-state index in [0.29, 0.717) is 13.0 Å². The number of nitrogens with one attached hydrogen (secondary N) is 1. The van der Waals surface area contributed by atoms with Gasteiger partial charge in [-0.05, 0) is 25.7 Å². The summed E-state index contributed by atoms with van der Waals surface area (Å²) < 4.78 is 0. The lowest BCUT2D eigenvalue weighted by Crippen LogP contribution is -2.45. The summed E-state index contributed by atoms with van der Waals surface area (Å²) in [6.45, 7) is 2.34. The summed E-state index contributed by atoms with van der Waals surface area (Å²) >= 11 is 0. The Balaban J connectivity index is 3.62. The van der Waals surface area contributed by atoms with Crippen molar-refractivity contribution >= 4 is 5.91 Å². The van der Waals surface area contributed by atoms with Gasteiger partial charge in [0.15, 0.2) is 0 Å². The number of carbonyl (C=O) groups is 1. The largest absolute Gasteiger partial charge is 0.396 e. The van der Waals surface area contributed by atoms with Crippen molar-refractivity contribution in [2.24, 2.45) is 0 Å². The highest BCUT2D eigenvalue weighted by Crippen LogP contribution is 2.14. The average molecular weight is 554 g/mol. The zero-order chi connectivity index (χ0) is 28.7. The highest BCUT2D eigenvalue weighted by atomic mass is 16.3.